The van der Waals surface area contributed by atoms with Crippen LogP contribution in [0.3, 0.4) is 0 Å². The standard InChI is InChI=1S/C14H15F5N4O/c15-13(16)8(12(13)3-1-2-4-12)5-22-11(24)23-10-7-20-9(6-21-10)14(17,18)19/h6-8H,1-5H2,(H2,21,22,23,24). The van der Waals surface area contributed by atoms with Gasteiger partial charge >= 0.3 is 12.2 Å². The molecule has 0 saturated heterocycles. The fourth-order valence-electron chi connectivity index (χ4n) is 3.50. The minimum absolute atomic E-state index is 0.188. The molecule has 2 saturated carbocycles. The van der Waals surface area contributed by atoms with Gasteiger partial charge in [-0.3, -0.25) is 5.32 Å². The van der Waals surface area contributed by atoms with Gasteiger partial charge in [0.1, 0.15) is 0 Å². The summed E-state index contributed by atoms with van der Waals surface area (Å²) in [5, 5.41) is 4.50. The first kappa shape index (κ1) is 16.8. The van der Waals surface area contributed by atoms with Crippen LogP contribution < -0.4 is 10.6 Å². The molecule has 3 rings (SSSR count). The number of carbonyl (C=O) groups excluding carboxylic acids is 1. The van der Waals surface area contributed by atoms with E-state index in [-0.39, 0.29) is 12.4 Å². The first-order valence-corrected chi connectivity index (χ1v) is 7.49. The third-order valence-electron chi connectivity index (χ3n) is 4.83. The van der Waals surface area contributed by atoms with E-state index in [0.717, 1.165) is 19.0 Å². The molecule has 1 spiro atoms. The maximum absolute atomic E-state index is 13.9. The lowest BCUT2D eigenvalue weighted by Gasteiger charge is -2.09. The molecule has 132 valence electrons. The topological polar surface area (TPSA) is 66.9 Å². The summed E-state index contributed by atoms with van der Waals surface area (Å²) in [5.74, 6) is -3.86. The molecule has 2 fully saturated rings. The van der Waals surface area contributed by atoms with Crippen LogP contribution in [0.5, 0.6) is 0 Å². The Kier molecular flexibility index (Phi) is 3.88. The van der Waals surface area contributed by atoms with Gasteiger partial charge in [-0.1, -0.05) is 12.8 Å². The van der Waals surface area contributed by atoms with Crippen molar-refractivity contribution in [3.05, 3.63) is 18.1 Å². The number of hydrogen-bond donors (Lipinski definition) is 2. The lowest BCUT2D eigenvalue weighted by atomic mass is 10.0. The van der Waals surface area contributed by atoms with E-state index in [4.69, 9.17) is 0 Å². The van der Waals surface area contributed by atoms with E-state index in [9.17, 15) is 26.7 Å². The van der Waals surface area contributed by atoms with Crippen molar-refractivity contribution < 1.29 is 26.7 Å². The molecular weight excluding hydrogens is 335 g/mol. The van der Waals surface area contributed by atoms with Gasteiger partial charge in [-0.25, -0.2) is 23.5 Å². The number of alkyl halides is 5. The summed E-state index contributed by atoms with van der Waals surface area (Å²) < 4.78 is 64.8. The van der Waals surface area contributed by atoms with Crippen molar-refractivity contribution in [3.8, 4) is 0 Å². The van der Waals surface area contributed by atoms with E-state index in [1.807, 2.05) is 0 Å². The lowest BCUT2D eigenvalue weighted by Crippen LogP contribution is -2.32. The maximum atomic E-state index is 13.9. The largest absolute Gasteiger partial charge is 0.434 e. The Morgan fingerprint density at radius 2 is 1.88 bits per heavy atom. The lowest BCUT2D eigenvalue weighted by molar-refractivity contribution is -0.141. The molecule has 1 atom stereocenters. The second kappa shape index (κ2) is 5.52. The van der Waals surface area contributed by atoms with Crippen molar-refractivity contribution in [2.75, 3.05) is 11.9 Å². The van der Waals surface area contributed by atoms with E-state index in [1.165, 1.54) is 0 Å². The van der Waals surface area contributed by atoms with Crippen LogP contribution in [0.2, 0.25) is 0 Å². The molecular formula is C14H15F5N4O. The molecule has 0 bridgehead atoms. The molecule has 1 aromatic heterocycles. The number of hydrogen-bond acceptors (Lipinski definition) is 3. The zero-order chi connectivity index (χ0) is 17.6. The molecule has 10 heteroatoms. The van der Waals surface area contributed by atoms with Crippen molar-refractivity contribution in [3.63, 3.8) is 0 Å². The Balaban J connectivity index is 1.52. The highest BCUT2D eigenvalue weighted by Crippen LogP contribution is 2.72. The summed E-state index contributed by atoms with van der Waals surface area (Å²) in [7, 11) is 0. The van der Waals surface area contributed by atoms with Crippen LogP contribution in [-0.2, 0) is 6.18 Å². The summed E-state index contributed by atoms with van der Waals surface area (Å²) in [4.78, 5) is 18.3. The third kappa shape index (κ3) is 2.78. The number of amides is 2. The monoisotopic (exact) mass is 350 g/mol. The maximum Gasteiger partial charge on any atom is 0.434 e. The van der Waals surface area contributed by atoms with Crippen LogP contribution >= 0.6 is 0 Å². The highest BCUT2D eigenvalue weighted by atomic mass is 19.4. The molecule has 2 amide bonds. The van der Waals surface area contributed by atoms with Gasteiger partial charge in [-0.05, 0) is 12.8 Å². The van der Waals surface area contributed by atoms with Crippen LogP contribution in [0.25, 0.3) is 0 Å². The van der Waals surface area contributed by atoms with Crippen molar-refractivity contribution in [2.45, 2.75) is 37.8 Å². The molecule has 2 aliphatic carbocycles. The average molecular weight is 350 g/mol. The fraction of sp³-hybridized carbons (Fsp3) is 0.643. The number of halogens is 5. The first-order chi connectivity index (χ1) is 11.2. The van der Waals surface area contributed by atoms with Gasteiger partial charge in [-0.2, -0.15) is 13.2 Å². The number of urea groups is 1. The highest BCUT2D eigenvalue weighted by molar-refractivity contribution is 5.88. The fourth-order valence-corrected chi connectivity index (χ4v) is 3.50. The van der Waals surface area contributed by atoms with Gasteiger partial charge in [0, 0.05) is 12.0 Å². The van der Waals surface area contributed by atoms with Crippen molar-refractivity contribution in [1.29, 1.82) is 0 Å². The second-order valence-corrected chi connectivity index (χ2v) is 6.16. The number of carbonyl (C=O) groups is 1. The smallest absolute Gasteiger partial charge is 0.337 e. The Morgan fingerprint density at radius 3 is 2.42 bits per heavy atom. The van der Waals surface area contributed by atoms with Crippen molar-refractivity contribution >= 4 is 11.8 Å². The van der Waals surface area contributed by atoms with Gasteiger partial charge in [0.05, 0.1) is 18.3 Å². The SMILES string of the molecule is O=C(NCC1C(F)(F)C12CCCC2)Nc1cnc(C(F)(F)F)cn1. The van der Waals surface area contributed by atoms with Crippen molar-refractivity contribution in [2.24, 2.45) is 11.3 Å². The van der Waals surface area contributed by atoms with Crippen LogP contribution in [0, 0.1) is 11.3 Å². The van der Waals surface area contributed by atoms with Crippen LogP contribution in [0.1, 0.15) is 31.4 Å². The first-order valence-electron chi connectivity index (χ1n) is 7.49. The van der Waals surface area contributed by atoms with E-state index in [0.29, 0.717) is 19.0 Å². The zero-order valence-corrected chi connectivity index (χ0v) is 12.5. The van der Waals surface area contributed by atoms with E-state index >= 15 is 0 Å². The number of nitrogens with one attached hydrogen (secondary N) is 2. The number of anilines is 1. The molecule has 5 nitrogen and oxygen atoms in total. The Hall–Kier alpha value is -2.00. The molecule has 0 radical (unpaired) electrons. The van der Waals surface area contributed by atoms with Gasteiger partial charge in [0.15, 0.2) is 11.5 Å². The summed E-state index contributed by atoms with van der Waals surface area (Å²) in [6.45, 7) is -0.188. The number of rotatable bonds is 3. The molecule has 24 heavy (non-hydrogen) atoms. The number of nitrogens with zero attached hydrogens (tertiary/aromatic N) is 2. The van der Waals surface area contributed by atoms with E-state index in [1.54, 1.807) is 0 Å². The summed E-state index contributed by atoms with van der Waals surface area (Å²) in [6, 6.07) is -0.806. The van der Waals surface area contributed by atoms with Gasteiger partial charge in [-0.15, -0.1) is 0 Å². The molecule has 0 aliphatic heterocycles. The van der Waals surface area contributed by atoms with E-state index in [2.05, 4.69) is 20.6 Å². The van der Waals surface area contributed by atoms with Gasteiger partial charge in [0.25, 0.3) is 5.92 Å². The number of aromatic nitrogens is 2. The van der Waals surface area contributed by atoms with Crippen LogP contribution in [0.4, 0.5) is 32.6 Å². The van der Waals surface area contributed by atoms with Gasteiger partial charge < -0.3 is 5.32 Å². The molecule has 2 aliphatic rings. The summed E-state index contributed by atoms with van der Waals surface area (Å²) in [5.41, 5.74) is -2.18. The second-order valence-electron chi connectivity index (χ2n) is 6.16. The van der Waals surface area contributed by atoms with E-state index < -0.39 is 35.2 Å². The van der Waals surface area contributed by atoms with Crippen molar-refractivity contribution in [1.82, 2.24) is 15.3 Å². The average Bonchev–Trinajstić information content (AvgIpc) is 2.82. The van der Waals surface area contributed by atoms with Crippen LogP contribution in [-0.4, -0.2) is 28.5 Å². The minimum atomic E-state index is -4.62. The zero-order valence-electron chi connectivity index (χ0n) is 12.5. The quantitative estimate of drug-likeness (QED) is 0.821. The Bertz CT molecular complexity index is 625. The predicted molar refractivity (Wildman–Crippen MR) is 73.4 cm³/mol. The summed E-state index contributed by atoms with van der Waals surface area (Å²) >= 11 is 0. The molecule has 1 unspecified atom stereocenters. The van der Waals surface area contributed by atoms with Crippen LogP contribution in [0.15, 0.2) is 12.4 Å². The van der Waals surface area contributed by atoms with Gasteiger partial charge in [0.2, 0.25) is 0 Å². The highest BCUT2D eigenvalue weighted by Gasteiger charge is 2.79. The Labute approximate surface area is 134 Å². The molecule has 0 aromatic carbocycles. The predicted octanol–water partition coefficient (Wildman–Crippen LogP) is 3.44. The molecule has 2 N–H and O–H groups in total. The molecule has 1 heterocycles. The Morgan fingerprint density at radius 1 is 1.21 bits per heavy atom. The molecule has 1 aromatic rings. The summed E-state index contributed by atoms with van der Waals surface area (Å²) in [6.07, 6.45) is -0.943. The minimum Gasteiger partial charge on any atom is -0.337 e. The third-order valence-corrected chi connectivity index (χ3v) is 4.83. The normalized spacial score (nSPS) is 24.0.